The molecule has 0 bridgehead atoms. The van der Waals surface area contributed by atoms with Gasteiger partial charge in [-0.15, -0.1) is 0 Å². The maximum absolute atomic E-state index is 11.4. The first-order chi connectivity index (χ1) is 9.09. The number of nitrogens with zero attached hydrogens (tertiary/aromatic N) is 3. The molecule has 0 saturated carbocycles. The van der Waals surface area contributed by atoms with E-state index in [0.29, 0.717) is 12.2 Å². The first kappa shape index (κ1) is 13.3. The van der Waals surface area contributed by atoms with Crippen LogP contribution in [-0.2, 0) is 11.2 Å². The molecule has 1 atom stereocenters. The van der Waals surface area contributed by atoms with Gasteiger partial charge >= 0.3 is 5.97 Å². The van der Waals surface area contributed by atoms with Gasteiger partial charge in [0, 0.05) is 12.5 Å². The summed E-state index contributed by atoms with van der Waals surface area (Å²) >= 11 is 0. The van der Waals surface area contributed by atoms with Crippen LogP contribution in [0.5, 0.6) is 0 Å². The van der Waals surface area contributed by atoms with E-state index in [0.717, 1.165) is 5.56 Å². The summed E-state index contributed by atoms with van der Waals surface area (Å²) in [5, 5.41) is 13.5. The zero-order valence-corrected chi connectivity index (χ0v) is 11.0. The van der Waals surface area contributed by atoms with Gasteiger partial charge in [0.05, 0.1) is 5.92 Å². The predicted molar refractivity (Wildman–Crippen MR) is 70.9 cm³/mol. The monoisotopic (exact) mass is 259 g/mol. The molecule has 0 saturated heterocycles. The van der Waals surface area contributed by atoms with Crippen LogP contribution in [0.2, 0.25) is 0 Å². The number of hydrogen-bond donors (Lipinski definition) is 1. The van der Waals surface area contributed by atoms with E-state index in [2.05, 4.69) is 10.1 Å². The number of rotatable bonds is 5. The molecule has 0 aliphatic carbocycles. The molecular formula is C14H17N3O2. The summed E-state index contributed by atoms with van der Waals surface area (Å²) in [6.07, 6.45) is 1.82. The molecule has 2 aromatic rings. The topological polar surface area (TPSA) is 68.0 Å². The van der Waals surface area contributed by atoms with Gasteiger partial charge in [-0.05, 0) is 19.4 Å². The standard InChI is InChI=1S/C14H17N3O2/c1-10(2)17-13(15-9-16-17)8-12(14(18)19)11-6-4-3-5-7-11/h3-7,9-10,12H,8H2,1-2H3,(H,18,19). The van der Waals surface area contributed by atoms with Crippen LogP contribution in [0.3, 0.4) is 0 Å². The Balaban J connectivity index is 2.27. The highest BCUT2D eigenvalue weighted by Crippen LogP contribution is 2.21. The third-order valence-corrected chi connectivity index (χ3v) is 3.02. The molecule has 1 aromatic heterocycles. The Labute approximate surface area is 111 Å². The Morgan fingerprint density at radius 1 is 1.32 bits per heavy atom. The summed E-state index contributed by atoms with van der Waals surface area (Å²) in [5.74, 6) is -0.737. The van der Waals surface area contributed by atoms with E-state index in [1.54, 1.807) is 4.68 Å². The van der Waals surface area contributed by atoms with Gasteiger partial charge < -0.3 is 5.11 Å². The molecule has 2 rings (SSSR count). The number of benzene rings is 1. The van der Waals surface area contributed by atoms with Crippen molar-refractivity contribution in [3.05, 3.63) is 48.0 Å². The number of hydrogen-bond acceptors (Lipinski definition) is 3. The fraction of sp³-hybridized carbons (Fsp3) is 0.357. The minimum absolute atomic E-state index is 0.169. The Hall–Kier alpha value is -2.17. The number of aromatic nitrogens is 3. The molecule has 1 N–H and O–H groups in total. The van der Waals surface area contributed by atoms with Crippen molar-refractivity contribution < 1.29 is 9.90 Å². The molecule has 100 valence electrons. The maximum Gasteiger partial charge on any atom is 0.311 e. The number of aliphatic carboxylic acids is 1. The minimum atomic E-state index is -0.843. The van der Waals surface area contributed by atoms with Crippen LogP contribution < -0.4 is 0 Å². The van der Waals surface area contributed by atoms with Crippen LogP contribution in [0, 0.1) is 0 Å². The number of carbonyl (C=O) groups is 1. The van der Waals surface area contributed by atoms with Gasteiger partial charge in [0.1, 0.15) is 12.2 Å². The van der Waals surface area contributed by atoms with Crippen LogP contribution in [0.4, 0.5) is 0 Å². The Kier molecular flexibility index (Phi) is 3.94. The maximum atomic E-state index is 11.4. The van der Waals surface area contributed by atoms with E-state index in [1.165, 1.54) is 6.33 Å². The molecule has 19 heavy (non-hydrogen) atoms. The summed E-state index contributed by atoms with van der Waals surface area (Å²) in [4.78, 5) is 15.6. The average molecular weight is 259 g/mol. The zero-order chi connectivity index (χ0) is 13.8. The van der Waals surface area contributed by atoms with Crippen LogP contribution in [0.1, 0.15) is 37.2 Å². The lowest BCUT2D eigenvalue weighted by Gasteiger charge is -2.14. The van der Waals surface area contributed by atoms with Crippen molar-refractivity contribution in [3.63, 3.8) is 0 Å². The quantitative estimate of drug-likeness (QED) is 0.894. The van der Waals surface area contributed by atoms with Gasteiger partial charge in [0.25, 0.3) is 0 Å². The van der Waals surface area contributed by atoms with Crippen LogP contribution in [0.15, 0.2) is 36.7 Å². The van der Waals surface area contributed by atoms with Gasteiger partial charge in [-0.1, -0.05) is 30.3 Å². The van der Waals surface area contributed by atoms with Crippen molar-refractivity contribution >= 4 is 5.97 Å². The summed E-state index contributed by atoms with van der Waals surface area (Å²) < 4.78 is 1.76. The van der Waals surface area contributed by atoms with Crippen molar-refractivity contribution in [3.8, 4) is 0 Å². The molecule has 0 spiro atoms. The van der Waals surface area contributed by atoms with Crippen LogP contribution >= 0.6 is 0 Å². The number of carboxylic acid groups (broad SMARTS) is 1. The highest BCUT2D eigenvalue weighted by Gasteiger charge is 2.23. The van der Waals surface area contributed by atoms with Gasteiger partial charge in [0.2, 0.25) is 0 Å². The van der Waals surface area contributed by atoms with Crippen molar-refractivity contribution in [1.82, 2.24) is 14.8 Å². The average Bonchev–Trinajstić information content (AvgIpc) is 2.85. The van der Waals surface area contributed by atoms with Gasteiger partial charge in [-0.2, -0.15) is 5.10 Å². The molecule has 0 amide bonds. The highest BCUT2D eigenvalue weighted by atomic mass is 16.4. The van der Waals surface area contributed by atoms with Crippen molar-refractivity contribution in [2.24, 2.45) is 0 Å². The van der Waals surface area contributed by atoms with Crippen molar-refractivity contribution in [2.75, 3.05) is 0 Å². The van der Waals surface area contributed by atoms with Gasteiger partial charge in [-0.3, -0.25) is 4.79 Å². The van der Waals surface area contributed by atoms with Crippen molar-refractivity contribution in [2.45, 2.75) is 32.2 Å². The molecule has 0 radical (unpaired) electrons. The lowest BCUT2D eigenvalue weighted by atomic mass is 9.95. The second-order valence-corrected chi connectivity index (χ2v) is 4.72. The molecule has 0 aliphatic heterocycles. The van der Waals surface area contributed by atoms with Crippen LogP contribution in [0.25, 0.3) is 0 Å². The minimum Gasteiger partial charge on any atom is -0.481 e. The molecule has 5 heteroatoms. The van der Waals surface area contributed by atoms with E-state index in [1.807, 2.05) is 44.2 Å². The molecule has 1 aromatic carbocycles. The van der Waals surface area contributed by atoms with E-state index in [9.17, 15) is 9.90 Å². The summed E-state index contributed by atoms with van der Waals surface area (Å²) in [6, 6.07) is 9.39. The first-order valence-electron chi connectivity index (χ1n) is 6.25. The Morgan fingerprint density at radius 2 is 2.00 bits per heavy atom. The summed E-state index contributed by atoms with van der Waals surface area (Å²) in [7, 11) is 0. The van der Waals surface area contributed by atoms with Gasteiger partial charge in [-0.25, -0.2) is 9.67 Å². The second-order valence-electron chi connectivity index (χ2n) is 4.72. The fourth-order valence-electron chi connectivity index (χ4n) is 2.07. The highest BCUT2D eigenvalue weighted by molar-refractivity contribution is 5.76. The fourth-order valence-corrected chi connectivity index (χ4v) is 2.07. The lowest BCUT2D eigenvalue weighted by molar-refractivity contribution is -0.138. The molecule has 1 heterocycles. The van der Waals surface area contributed by atoms with E-state index in [4.69, 9.17) is 0 Å². The zero-order valence-electron chi connectivity index (χ0n) is 11.0. The van der Waals surface area contributed by atoms with E-state index < -0.39 is 11.9 Å². The van der Waals surface area contributed by atoms with Crippen LogP contribution in [-0.4, -0.2) is 25.8 Å². The van der Waals surface area contributed by atoms with E-state index >= 15 is 0 Å². The Bertz CT molecular complexity index is 549. The SMILES string of the molecule is CC(C)n1ncnc1CC(C(=O)O)c1ccccc1. The summed E-state index contributed by atoms with van der Waals surface area (Å²) in [6.45, 7) is 3.99. The molecule has 0 fully saturated rings. The summed E-state index contributed by atoms with van der Waals surface area (Å²) in [5.41, 5.74) is 0.785. The normalized spacial score (nSPS) is 12.6. The predicted octanol–water partition coefficient (Wildman–Crippen LogP) is 2.27. The molecule has 1 unspecified atom stereocenters. The number of carboxylic acids is 1. The molecule has 5 nitrogen and oxygen atoms in total. The first-order valence-corrected chi connectivity index (χ1v) is 6.25. The third-order valence-electron chi connectivity index (χ3n) is 3.02. The lowest BCUT2D eigenvalue weighted by Crippen LogP contribution is -2.18. The third kappa shape index (κ3) is 2.99. The smallest absolute Gasteiger partial charge is 0.311 e. The van der Waals surface area contributed by atoms with E-state index in [-0.39, 0.29) is 6.04 Å². The van der Waals surface area contributed by atoms with Crippen molar-refractivity contribution in [1.29, 1.82) is 0 Å². The molecule has 0 aliphatic rings. The Morgan fingerprint density at radius 3 is 2.58 bits per heavy atom. The van der Waals surface area contributed by atoms with Gasteiger partial charge in [0.15, 0.2) is 0 Å². The molecular weight excluding hydrogens is 242 g/mol. The largest absolute Gasteiger partial charge is 0.481 e. The second kappa shape index (κ2) is 5.65.